The monoisotopic (exact) mass is 299 g/mol. The van der Waals surface area contributed by atoms with E-state index >= 15 is 0 Å². The van der Waals surface area contributed by atoms with E-state index in [-0.39, 0.29) is 11.4 Å². The van der Waals surface area contributed by atoms with Gasteiger partial charge in [-0.25, -0.2) is 9.18 Å². The van der Waals surface area contributed by atoms with E-state index in [9.17, 15) is 9.18 Å². The molecule has 0 saturated carbocycles. The van der Waals surface area contributed by atoms with E-state index in [0.717, 1.165) is 24.1 Å². The molecule has 0 spiro atoms. The fraction of sp³-hybridized carbons (Fsp3) is 0.167. The Morgan fingerprint density at radius 1 is 1.27 bits per heavy atom. The topological polar surface area (TPSA) is 49.3 Å². The van der Waals surface area contributed by atoms with E-state index in [2.05, 4.69) is 12.2 Å². The maximum atomic E-state index is 13.3. The molecule has 0 amide bonds. The van der Waals surface area contributed by atoms with Crippen LogP contribution in [0.5, 0.6) is 0 Å². The first-order valence-corrected chi connectivity index (χ1v) is 7.16. The number of allylic oxidation sites excluding steroid dienone is 1. The van der Waals surface area contributed by atoms with E-state index in [1.807, 2.05) is 12.2 Å². The molecule has 0 atom stereocenters. The van der Waals surface area contributed by atoms with Crippen LogP contribution < -0.4 is 5.32 Å². The van der Waals surface area contributed by atoms with Crippen LogP contribution in [0.4, 0.5) is 15.8 Å². The summed E-state index contributed by atoms with van der Waals surface area (Å²) < 4.78 is 13.3. The number of hydrogen-bond acceptors (Lipinski definition) is 2. The summed E-state index contributed by atoms with van der Waals surface area (Å²) in [5, 5.41) is 12.2. The van der Waals surface area contributed by atoms with Crippen molar-refractivity contribution in [2.24, 2.45) is 0 Å². The number of halogens is 1. The summed E-state index contributed by atoms with van der Waals surface area (Å²) in [5.74, 6) is -1.29. The zero-order valence-corrected chi connectivity index (χ0v) is 12.3. The molecule has 0 saturated heterocycles. The van der Waals surface area contributed by atoms with Crippen molar-refractivity contribution in [3.63, 3.8) is 0 Å². The number of nitrogens with one attached hydrogen (secondary N) is 1. The number of aromatic carboxylic acids is 1. The van der Waals surface area contributed by atoms with Gasteiger partial charge < -0.3 is 10.4 Å². The molecule has 3 nitrogen and oxygen atoms in total. The number of anilines is 2. The third-order valence-electron chi connectivity index (χ3n) is 3.15. The van der Waals surface area contributed by atoms with Crippen molar-refractivity contribution in [1.29, 1.82) is 0 Å². The molecular weight excluding hydrogens is 281 g/mol. The highest BCUT2D eigenvalue weighted by molar-refractivity contribution is 5.90. The summed E-state index contributed by atoms with van der Waals surface area (Å²) in [7, 11) is 0. The smallest absolute Gasteiger partial charge is 0.335 e. The predicted molar refractivity (Wildman–Crippen MR) is 87.0 cm³/mol. The van der Waals surface area contributed by atoms with Gasteiger partial charge in [0, 0.05) is 11.4 Å². The number of carboxylic acid groups (broad SMARTS) is 1. The lowest BCUT2D eigenvalue weighted by Gasteiger charge is -2.11. The maximum absolute atomic E-state index is 13.3. The lowest BCUT2D eigenvalue weighted by molar-refractivity contribution is 0.0697. The minimum Gasteiger partial charge on any atom is -0.478 e. The Morgan fingerprint density at radius 2 is 2.09 bits per heavy atom. The zero-order valence-electron chi connectivity index (χ0n) is 12.3. The van der Waals surface area contributed by atoms with Crippen LogP contribution in [-0.4, -0.2) is 11.1 Å². The molecule has 2 aromatic rings. The molecule has 0 unspecified atom stereocenters. The van der Waals surface area contributed by atoms with Crippen LogP contribution in [0.1, 0.15) is 35.7 Å². The van der Waals surface area contributed by atoms with Crippen molar-refractivity contribution < 1.29 is 14.3 Å². The minimum absolute atomic E-state index is 0.223. The van der Waals surface area contributed by atoms with E-state index in [1.54, 1.807) is 24.3 Å². The molecule has 0 fully saturated rings. The first-order valence-electron chi connectivity index (χ1n) is 7.16. The molecule has 0 aliphatic carbocycles. The van der Waals surface area contributed by atoms with E-state index in [1.165, 1.54) is 18.2 Å². The molecule has 0 aromatic heterocycles. The van der Waals surface area contributed by atoms with Gasteiger partial charge in [0.1, 0.15) is 5.82 Å². The zero-order chi connectivity index (χ0) is 15.9. The first-order chi connectivity index (χ1) is 10.6. The molecule has 0 heterocycles. The van der Waals surface area contributed by atoms with Crippen molar-refractivity contribution in [3.8, 4) is 0 Å². The quantitative estimate of drug-likeness (QED) is 0.782. The van der Waals surface area contributed by atoms with Gasteiger partial charge in [0.05, 0.1) is 5.56 Å². The van der Waals surface area contributed by atoms with Crippen molar-refractivity contribution in [1.82, 2.24) is 0 Å². The van der Waals surface area contributed by atoms with Gasteiger partial charge in [0.2, 0.25) is 0 Å². The lowest BCUT2D eigenvalue weighted by atomic mass is 10.1. The van der Waals surface area contributed by atoms with Gasteiger partial charge in [-0.05, 0) is 48.4 Å². The number of benzene rings is 2. The normalized spacial score (nSPS) is 10.8. The fourth-order valence-electron chi connectivity index (χ4n) is 2.05. The number of rotatable bonds is 6. The van der Waals surface area contributed by atoms with Gasteiger partial charge in [-0.15, -0.1) is 0 Å². The highest BCUT2D eigenvalue weighted by Gasteiger charge is 2.07. The molecule has 114 valence electrons. The second-order valence-electron chi connectivity index (χ2n) is 4.93. The van der Waals surface area contributed by atoms with Crippen LogP contribution in [-0.2, 0) is 0 Å². The Balaban J connectivity index is 2.34. The summed E-state index contributed by atoms with van der Waals surface area (Å²) in [4.78, 5) is 11.1. The average Bonchev–Trinajstić information content (AvgIpc) is 2.49. The van der Waals surface area contributed by atoms with E-state index in [4.69, 9.17) is 5.11 Å². The van der Waals surface area contributed by atoms with Crippen LogP contribution in [0.25, 0.3) is 6.08 Å². The highest BCUT2D eigenvalue weighted by atomic mass is 19.1. The van der Waals surface area contributed by atoms with Crippen LogP contribution in [0.2, 0.25) is 0 Å². The van der Waals surface area contributed by atoms with Crippen molar-refractivity contribution in [2.75, 3.05) is 5.32 Å². The van der Waals surface area contributed by atoms with Crippen molar-refractivity contribution in [3.05, 3.63) is 65.5 Å². The summed E-state index contributed by atoms with van der Waals surface area (Å²) in [6.45, 7) is 2.07. The van der Waals surface area contributed by atoms with Gasteiger partial charge in [0.15, 0.2) is 0 Å². The number of unbranched alkanes of at least 4 members (excludes halogenated alkanes) is 1. The van der Waals surface area contributed by atoms with Crippen LogP contribution in [0.3, 0.4) is 0 Å². The minimum atomic E-state index is -0.970. The molecule has 2 rings (SSSR count). The SMILES string of the molecule is CCC/C=C\c1cc(C(=O)O)ccc1Nc1cccc(F)c1. The Labute approximate surface area is 129 Å². The predicted octanol–water partition coefficient (Wildman–Crippen LogP) is 5.08. The highest BCUT2D eigenvalue weighted by Crippen LogP contribution is 2.24. The summed E-state index contributed by atoms with van der Waals surface area (Å²) in [6.07, 6.45) is 5.81. The fourth-order valence-corrected chi connectivity index (χ4v) is 2.05. The summed E-state index contributed by atoms with van der Waals surface area (Å²) in [6, 6.07) is 11.0. The molecule has 0 aliphatic heterocycles. The molecule has 4 heteroatoms. The van der Waals surface area contributed by atoms with Crippen molar-refractivity contribution >= 4 is 23.4 Å². The Morgan fingerprint density at radius 3 is 2.77 bits per heavy atom. The number of carbonyl (C=O) groups is 1. The summed E-state index contributed by atoms with van der Waals surface area (Å²) in [5.41, 5.74) is 2.34. The molecule has 0 aliphatic rings. The number of hydrogen-bond donors (Lipinski definition) is 2. The van der Waals surface area contributed by atoms with Crippen LogP contribution >= 0.6 is 0 Å². The Bertz CT molecular complexity index is 695. The Hall–Kier alpha value is -2.62. The largest absolute Gasteiger partial charge is 0.478 e. The van der Waals surface area contributed by atoms with Gasteiger partial charge in [0.25, 0.3) is 0 Å². The lowest BCUT2D eigenvalue weighted by Crippen LogP contribution is -1.99. The van der Waals surface area contributed by atoms with Gasteiger partial charge in [-0.3, -0.25) is 0 Å². The summed E-state index contributed by atoms with van der Waals surface area (Å²) >= 11 is 0. The third-order valence-corrected chi connectivity index (χ3v) is 3.15. The second-order valence-corrected chi connectivity index (χ2v) is 4.93. The van der Waals surface area contributed by atoms with Gasteiger partial charge >= 0.3 is 5.97 Å². The van der Waals surface area contributed by atoms with Crippen LogP contribution in [0.15, 0.2) is 48.5 Å². The molecular formula is C18H18FNO2. The molecule has 2 aromatic carbocycles. The van der Waals surface area contributed by atoms with Gasteiger partial charge in [-0.1, -0.05) is 31.6 Å². The average molecular weight is 299 g/mol. The Kier molecular flexibility index (Phi) is 5.31. The van der Waals surface area contributed by atoms with Crippen molar-refractivity contribution in [2.45, 2.75) is 19.8 Å². The molecule has 22 heavy (non-hydrogen) atoms. The van der Waals surface area contributed by atoms with Crippen LogP contribution in [0, 0.1) is 5.82 Å². The standard InChI is InChI=1S/C18H18FNO2/c1-2-3-4-6-13-11-14(18(21)22)9-10-17(13)20-16-8-5-7-15(19)12-16/h4-12,20H,2-3H2,1H3,(H,21,22)/b6-4-. The maximum Gasteiger partial charge on any atom is 0.335 e. The molecule has 0 radical (unpaired) electrons. The first kappa shape index (κ1) is 15.8. The number of carboxylic acids is 1. The second kappa shape index (κ2) is 7.41. The van der Waals surface area contributed by atoms with E-state index in [0.29, 0.717) is 5.69 Å². The molecule has 2 N–H and O–H groups in total. The molecule has 0 bridgehead atoms. The third kappa shape index (κ3) is 4.19. The van der Waals surface area contributed by atoms with Gasteiger partial charge in [-0.2, -0.15) is 0 Å². The van der Waals surface area contributed by atoms with E-state index < -0.39 is 5.97 Å².